The van der Waals surface area contributed by atoms with Crippen molar-refractivity contribution in [3.63, 3.8) is 0 Å². The van der Waals surface area contributed by atoms with E-state index in [0.717, 1.165) is 5.56 Å². The van der Waals surface area contributed by atoms with Crippen molar-refractivity contribution >= 4 is 0 Å². The van der Waals surface area contributed by atoms with Crippen molar-refractivity contribution in [3.8, 4) is 0 Å². The highest BCUT2D eigenvalue weighted by molar-refractivity contribution is 5.35. The maximum absolute atomic E-state index is 12.3. The van der Waals surface area contributed by atoms with E-state index in [1.54, 1.807) is 24.3 Å². The van der Waals surface area contributed by atoms with Gasteiger partial charge in [-0.2, -0.15) is 13.2 Å². The lowest BCUT2D eigenvalue weighted by Crippen LogP contribution is -2.54. The molecule has 0 fully saturated rings. The van der Waals surface area contributed by atoms with Gasteiger partial charge in [0.05, 0.1) is 31.9 Å². The first kappa shape index (κ1) is 13.3. The van der Waals surface area contributed by atoms with E-state index in [1.165, 1.54) is 0 Å². The molecule has 2 N–H and O–H groups in total. The Morgan fingerprint density at radius 1 is 1.33 bits per heavy atom. The molecule has 0 bridgehead atoms. The molecule has 6 heteroatoms. The highest BCUT2D eigenvalue weighted by Crippen LogP contribution is 2.31. The molecule has 1 aromatic carbocycles. The molecule has 0 saturated heterocycles. The fraction of sp³-hybridized carbons (Fsp3) is 0.500. The van der Waals surface area contributed by atoms with Crippen molar-refractivity contribution in [2.75, 3.05) is 19.8 Å². The van der Waals surface area contributed by atoms with Gasteiger partial charge in [-0.3, -0.25) is 5.32 Å². The fourth-order valence-corrected chi connectivity index (χ4v) is 2.13. The minimum Gasteiger partial charge on any atom is -0.394 e. The van der Waals surface area contributed by atoms with Gasteiger partial charge >= 0.3 is 6.18 Å². The summed E-state index contributed by atoms with van der Waals surface area (Å²) in [6.45, 7) is -1.23. The minimum atomic E-state index is -4.32. The lowest BCUT2D eigenvalue weighted by Gasteiger charge is -2.38. The van der Waals surface area contributed by atoms with Gasteiger partial charge in [-0.1, -0.05) is 24.3 Å². The quantitative estimate of drug-likeness (QED) is 0.867. The summed E-state index contributed by atoms with van der Waals surface area (Å²) in [7, 11) is 0. The van der Waals surface area contributed by atoms with E-state index in [0.29, 0.717) is 12.2 Å². The molecule has 1 aliphatic heterocycles. The number of fused-ring (bicyclic) bond motifs is 1. The maximum atomic E-state index is 12.3. The highest BCUT2D eigenvalue weighted by atomic mass is 19.4. The monoisotopic (exact) mass is 261 g/mol. The molecule has 0 aliphatic carbocycles. The van der Waals surface area contributed by atoms with Crippen LogP contribution >= 0.6 is 0 Å². The predicted molar refractivity (Wildman–Crippen MR) is 58.9 cm³/mol. The van der Waals surface area contributed by atoms with Crippen molar-refractivity contribution in [2.24, 2.45) is 0 Å². The summed E-state index contributed by atoms with van der Waals surface area (Å²) in [5, 5.41) is 11.9. The summed E-state index contributed by atoms with van der Waals surface area (Å²) in [5.74, 6) is 0. The van der Waals surface area contributed by atoms with Gasteiger partial charge < -0.3 is 9.84 Å². The molecule has 0 spiro atoms. The molecule has 0 aromatic heterocycles. The zero-order chi connectivity index (χ0) is 13.2. The molecule has 3 nitrogen and oxygen atoms in total. The zero-order valence-electron chi connectivity index (χ0n) is 9.63. The van der Waals surface area contributed by atoms with Gasteiger partial charge in [0.2, 0.25) is 0 Å². The third kappa shape index (κ3) is 2.66. The summed E-state index contributed by atoms with van der Waals surface area (Å²) in [5.41, 5.74) is 0.292. The van der Waals surface area contributed by atoms with E-state index >= 15 is 0 Å². The molecule has 0 radical (unpaired) electrons. The second kappa shape index (κ2) is 4.87. The summed E-state index contributed by atoms with van der Waals surface area (Å²) in [6, 6.07) is 7.04. The first-order chi connectivity index (χ1) is 8.47. The normalized spacial score (nSPS) is 23.8. The van der Waals surface area contributed by atoms with Crippen LogP contribution in [0.15, 0.2) is 24.3 Å². The summed E-state index contributed by atoms with van der Waals surface area (Å²) < 4.78 is 42.2. The van der Waals surface area contributed by atoms with E-state index < -0.39 is 24.9 Å². The molecule has 18 heavy (non-hydrogen) atoms. The Morgan fingerprint density at radius 3 is 2.72 bits per heavy atom. The standard InChI is InChI=1S/C12H14F3NO2/c13-12(14,15)6-16-11(7-17)8-18-5-9-3-1-2-4-10(9)11/h1-4,16-17H,5-8H2. The number of ether oxygens (including phenoxy) is 1. The Hall–Kier alpha value is -1.11. The van der Waals surface area contributed by atoms with E-state index in [2.05, 4.69) is 5.32 Å². The molecule has 1 aromatic rings. The van der Waals surface area contributed by atoms with Gasteiger partial charge in [-0.25, -0.2) is 0 Å². The van der Waals surface area contributed by atoms with Crippen molar-refractivity contribution in [3.05, 3.63) is 35.4 Å². The number of alkyl halides is 3. The Labute approximate surface area is 103 Å². The van der Waals surface area contributed by atoms with Crippen LogP contribution in [0.1, 0.15) is 11.1 Å². The van der Waals surface area contributed by atoms with Crippen LogP contribution < -0.4 is 5.32 Å². The second-order valence-corrected chi connectivity index (χ2v) is 4.36. The number of benzene rings is 1. The summed E-state index contributed by atoms with van der Waals surface area (Å²) >= 11 is 0. The Balaban J connectivity index is 2.28. The van der Waals surface area contributed by atoms with E-state index in [1.807, 2.05) is 0 Å². The SMILES string of the molecule is OCC1(NCC(F)(F)F)COCc2ccccc21. The van der Waals surface area contributed by atoms with Crippen LogP contribution in [-0.2, 0) is 16.9 Å². The van der Waals surface area contributed by atoms with E-state index in [-0.39, 0.29) is 6.61 Å². The predicted octanol–water partition coefficient (Wildman–Crippen LogP) is 1.56. The molecular formula is C12H14F3NO2. The molecular weight excluding hydrogens is 247 g/mol. The van der Waals surface area contributed by atoms with Gasteiger partial charge in [-0.15, -0.1) is 0 Å². The van der Waals surface area contributed by atoms with Crippen LogP contribution in [0.25, 0.3) is 0 Å². The minimum absolute atomic E-state index is 0.0244. The van der Waals surface area contributed by atoms with Crippen LogP contribution in [0.3, 0.4) is 0 Å². The van der Waals surface area contributed by atoms with Crippen molar-refractivity contribution in [1.82, 2.24) is 5.32 Å². The molecule has 2 rings (SSSR count). The smallest absolute Gasteiger partial charge is 0.394 e. The number of aliphatic hydroxyl groups is 1. The third-order valence-corrected chi connectivity index (χ3v) is 3.04. The van der Waals surface area contributed by atoms with Crippen molar-refractivity contribution in [1.29, 1.82) is 0 Å². The molecule has 1 atom stereocenters. The molecule has 100 valence electrons. The fourth-order valence-electron chi connectivity index (χ4n) is 2.13. The van der Waals surface area contributed by atoms with Crippen LogP contribution in [0.5, 0.6) is 0 Å². The number of nitrogens with one attached hydrogen (secondary N) is 1. The number of hydrogen-bond donors (Lipinski definition) is 2. The second-order valence-electron chi connectivity index (χ2n) is 4.36. The Morgan fingerprint density at radius 2 is 2.06 bits per heavy atom. The van der Waals surface area contributed by atoms with Crippen LogP contribution in [0, 0.1) is 0 Å². The Bertz CT molecular complexity index is 422. The van der Waals surface area contributed by atoms with E-state index in [4.69, 9.17) is 4.74 Å². The van der Waals surface area contributed by atoms with Crippen LogP contribution in [0.4, 0.5) is 13.2 Å². The lowest BCUT2D eigenvalue weighted by molar-refractivity contribution is -0.133. The number of halogens is 3. The molecule has 1 heterocycles. The number of aliphatic hydroxyl groups excluding tert-OH is 1. The van der Waals surface area contributed by atoms with Gasteiger partial charge in [-0.05, 0) is 11.1 Å². The largest absolute Gasteiger partial charge is 0.401 e. The average Bonchev–Trinajstić information content (AvgIpc) is 2.35. The molecule has 0 saturated carbocycles. The summed E-state index contributed by atoms with van der Waals surface area (Å²) in [4.78, 5) is 0. The first-order valence-corrected chi connectivity index (χ1v) is 5.56. The van der Waals surface area contributed by atoms with Gasteiger partial charge in [0.25, 0.3) is 0 Å². The third-order valence-electron chi connectivity index (χ3n) is 3.04. The van der Waals surface area contributed by atoms with Crippen LogP contribution in [0.2, 0.25) is 0 Å². The molecule has 1 aliphatic rings. The van der Waals surface area contributed by atoms with Crippen LogP contribution in [-0.4, -0.2) is 31.0 Å². The Kier molecular flexibility index (Phi) is 3.61. The zero-order valence-corrected chi connectivity index (χ0v) is 9.63. The topological polar surface area (TPSA) is 41.5 Å². The maximum Gasteiger partial charge on any atom is 0.401 e. The number of rotatable bonds is 3. The van der Waals surface area contributed by atoms with Crippen molar-refractivity contribution in [2.45, 2.75) is 18.3 Å². The molecule has 0 amide bonds. The molecule has 1 unspecified atom stereocenters. The van der Waals surface area contributed by atoms with Crippen molar-refractivity contribution < 1.29 is 23.0 Å². The first-order valence-electron chi connectivity index (χ1n) is 5.56. The lowest BCUT2D eigenvalue weighted by atomic mass is 9.86. The number of hydrogen-bond acceptors (Lipinski definition) is 3. The average molecular weight is 261 g/mol. The summed E-state index contributed by atoms with van der Waals surface area (Å²) in [6.07, 6.45) is -4.32. The van der Waals surface area contributed by atoms with Gasteiger partial charge in [0.15, 0.2) is 0 Å². The van der Waals surface area contributed by atoms with Gasteiger partial charge in [0.1, 0.15) is 0 Å². The highest BCUT2D eigenvalue weighted by Gasteiger charge is 2.40. The van der Waals surface area contributed by atoms with Gasteiger partial charge in [0, 0.05) is 0 Å². The van der Waals surface area contributed by atoms with E-state index in [9.17, 15) is 18.3 Å².